The number of carbonyl (C=O) groups is 1. The van der Waals surface area contributed by atoms with Crippen LogP contribution in [0.5, 0.6) is 0 Å². The average molecular weight is 371 g/mol. The van der Waals surface area contributed by atoms with Gasteiger partial charge in [-0.3, -0.25) is 14.8 Å². The maximum atomic E-state index is 12.2. The van der Waals surface area contributed by atoms with Gasteiger partial charge in [-0.15, -0.1) is 0 Å². The van der Waals surface area contributed by atoms with Gasteiger partial charge in [0.1, 0.15) is 5.78 Å². The smallest absolute Gasteiger partial charge is 0.141 e. The third-order valence-electron chi connectivity index (χ3n) is 3.29. The van der Waals surface area contributed by atoms with E-state index in [0.29, 0.717) is 12.8 Å². The Balaban J connectivity index is 0.000000924. The summed E-state index contributed by atoms with van der Waals surface area (Å²) in [5.41, 5.74) is 2.78. The van der Waals surface area contributed by atoms with Crippen molar-refractivity contribution in [2.24, 2.45) is 0 Å². The second-order valence-corrected chi connectivity index (χ2v) is 5.66. The maximum Gasteiger partial charge on any atom is 0.141 e. The lowest BCUT2D eigenvalue weighted by Crippen LogP contribution is -2.07. The summed E-state index contributed by atoms with van der Waals surface area (Å²) >= 11 is 3.59. The highest BCUT2D eigenvalue weighted by molar-refractivity contribution is 9.10. The monoisotopic (exact) mass is 370 g/mol. The van der Waals surface area contributed by atoms with Crippen molar-refractivity contribution < 1.29 is 4.79 Å². The lowest BCUT2D eigenvalue weighted by molar-refractivity contribution is -0.117. The van der Waals surface area contributed by atoms with Crippen molar-refractivity contribution in [2.75, 3.05) is 0 Å². The molecule has 0 bridgehead atoms. The number of fused-ring (bicyclic) bond motifs is 1. The number of hydrogen-bond acceptors (Lipinski definition) is 3. The molecular formula is C19H19BrN2O. The minimum atomic E-state index is 0.154. The summed E-state index contributed by atoms with van der Waals surface area (Å²) in [6.45, 7) is 4.00. The Morgan fingerprint density at radius 1 is 1.04 bits per heavy atom. The minimum absolute atomic E-state index is 0.154. The molecule has 3 rings (SSSR count). The van der Waals surface area contributed by atoms with E-state index in [-0.39, 0.29) is 5.78 Å². The van der Waals surface area contributed by atoms with Crippen LogP contribution in [0.1, 0.15) is 25.0 Å². The number of para-hydroxylation sites is 1. The molecule has 0 aliphatic carbocycles. The molecule has 4 heteroatoms. The van der Waals surface area contributed by atoms with Gasteiger partial charge in [-0.1, -0.05) is 38.1 Å². The van der Waals surface area contributed by atoms with Gasteiger partial charge in [-0.05, 0) is 39.2 Å². The fourth-order valence-corrected chi connectivity index (χ4v) is 2.86. The zero-order chi connectivity index (χ0) is 16.7. The van der Waals surface area contributed by atoms with E-state index in [2.05, 4.69) is 25.9 Å². The van der Waals surface area contributed by atoms with E-state index < -0.39 is 0 Å². The Morgan fingerprint density at radius 3 is 2.57 bits per heavy atom. The van der Waals surface area contributed by atoms with E-state index in [4.69, 9.17) is 0 Å². The van der Waals surface area contributed by atoms with Crippen molar-refractivity contribution in [1.29, 1.82) is 0 Å². The van der Waals surface area contributed by atoms with Crippen LogP contribution in [0.25, 0.3) is 10.9 Å². The molecule has 0 amide bonds. The summed E-state index contributed by atoms with van der Waals surface area (Å²) in [6, 6.07) is 11.6. The molecule has 0 aliphatic rings. The van der Waals surface area contributed by atoms with Crippen LogP contribution in [-0.2, 0) is 17.6 Å². The molecule has 118 valence electrons. The molecule has 0 N–H and O–H groups in total. The highest BCUT2D eigenvalue weighted by atomic mass is 79.9. The summed E-state index contributed by atoms with van der Waals surface area (Å²) in [5, 5.41) is 1.03. The van der Waals surface area contributed by atoms with Gasteiger partial charge in [0, 0.05) is 41.3 Å². The van der Waals surface area contributed by atoms with Crippen molar-refractivity contribution in [3.05, 3.63) is 70.6 Å². The lowest BCUT2D eigenvalue weighted by atomic mass is 10.0. The summed E-state index contributed by atoms with van der Waals surface area (Å²) in [6.07, 6.45) is 5.97. The first-order valence-electron chi connectivity index (χ1n) is 7.67. The number of aromatic nitrogens is 2. The van der Waals surface area contributed by atoms with Gasteiger partial charge in [0.05, 0.1) is 5.52 Å². The van der Waals surface area contributed by atoms with Crippen LogP contribution in [0.3, 0.4) is 0 Å². The number of pyridine rings is 2. The first-order valence-corrected chi connectivity index (χ1v) is 8.46. The van der Waals surface area contributed by atoms with Gasteiger partial charge in [-0.25, -0.2) is 0 Å². The number of benzene rings is 1. The van der Waals surface area contributed by atoms with Crippen LogP contribution < -0.4 is 0 Å². The number of rotatable bonds is 4. The van der Waals surface area contributed by atoms with Crippen LogP contribution in [0, 0.1) is 0 Å². The van der Waals surface area contributed by atoms with Gasteiger partial charge in [0.2, 0.25) is 0 Å². The second kappa shape index (κ2) is 8.53. The quantitative estimate of drug-likeness (QED) is 0.663. The maximum absolute atomic E-state index is 12.2. The second-order valence-electron chi connectivity index (χ2n) is 4.87. The fourth-order valence-electron chi connectivity index (χ4n) is 2.28. The lowest BCUT2D eigenvalue weighted by Gasteiger charge is -2.07. The van der Waals surface area contributed by atoms with E-state index in [0.717, 1.165) is 26.5 Å². The Hall–Kier alpha value is -2.07. The zero-order valence-corrected chi connectivity index (χ0v) is 14.9. The predicted molar refractivity (Wildman–Crippen MR) is 97.4 cm³/mol. The van der Waals surface area contributed by atoms with Crippen molar-refractivity contribution in [2.45, 2.75) is 26.7 Å². The zero-order valence-electron chi connectivity index (χ0n) is 13.3. The summed E-state index contributed by atoms with van der Waals surface area (Å²) in [5.74, 6) is 0.154. The molecule has 0 aliphatic heterocycles. The molecule has 0 unspecified atom stereocenters. The molecule has 3 nitrogen and oxygen atoms in total. The third kappa shape index (κ3) is 4.45. The normalized spacial score (nSPS) is 10.0. The summed E-state index contributed by atoms with van der Waals surface area (Å²) < 4.78 is 0.952. The Bertz CT molecular complexity index is 788. The Kier molecular flexibility index (Phi) is 6.41. The van der Waals surface area contributed by atoms with Crippen LogP contribution in [0.15, 0.2) is 59.5 Å². The van der Waals surface area contributed by atoms with Crippen LogP contribution in [0.4, 0.5) is 0 Å². The third-order valence-corrected chi connectivity index (χ3v) is 4.23. The number of hydrogen-bond donors (Lipinski definition) is 0. The molecule has 2 heterocycles. The van der Waals surface area contributed by atoms with Crippen LogP contribution in [-0.4, -0.2) is 15.8 Å². The van der Waals surface area contributed by atoms with Gasteiger partial charge in [0.25, 0.3) is 0 Å². The number of carbonyl (C=O) groups excluding carboxylic acids is 1. The van der Waals surface area contributed by atoms with E-state index in [1.807, 2.05) is 50.2 Å². The number of halogens is 1. The molecule has 0 spiro atoms. The topological polar surface area (TPSA) is 42.9 Å². The van der Waals surface area contributed by atoms with Gasteiger partial charge < -0.3 is 0 Å². The summed E-state index contributed by atoms with van der Waals surface area (Å²) in [7, 11) is 0. The van der Waals surface area contributed by atoms with Gasteiger partial charge in [-0.2, -0.15) is 0 Å². The van der Waals surface area contributed by atoms with Gasteiger partial charge in [0.15, 0.2) is 0 Å². The first-order chi connectivity index (χ1) is 11.2. The summed E-state index contributed by atoms with van der Waals surface area (Å²) in [4.78, 5) is 20.6. The Morgan fingerprint density at radius 2 is 1.83 bits per heavy atom. The predicted octanol–water partition coefficient (Wildman–Crippen LogP) is 4.77. The molecule has 1 aromatic carbocycles. The molecule has 0 atom stereocenters. The standard InChI is InChI=1S/C17H13BrN2O.C2H6/c18-17-13(11-20-16-6-2-1-5-15(16)17)9-14(21)8-12-4-3-7-19-10-12;1-2/h1-7,10-11H,8-9H2;1-2H3. The largest absolute Gasteiger partial charge is 0.299 e. The molecular weight excluding hydrogens is 352 g/mol. The fraction of sp³-hybridized carbons (Fsp3) is 0.211. The van der Waals surface area contributed by atoms with E-state index in [9.17, 15) is 4.79 Å². The van der Waals surface area contributed by atoms with Crippen molar-refractivity contribution >= 4 is 32.6 Å². The SMILES string of the molecule is CC.O=C(Cc1cccnc1)Cc1cnc2ccccc2c1Br. The number of Topliss-reactive ketones (excluding diaryl/α,β-unsaturated/α-hetero) is 1. The molecule has 0 saturated carbocycles. The molecule has 2 aromatic heterocycles. The molecule has 0 radical (unpaired) electrons. The molecule has 3 aromatic rings. The number of nitrogens with zero attached hydrogens (tertiary/aromatic N) is 2. The van der Waals surface area contributed by atoms with Crippen molar-refractivity contribution in [3.63, 3.8) is 0 Å². The molecule has 0 saturated heterocycles. The highest BCUT2D eigenvalue weighted by Gasteiger charge is 2.11. The first kappa shape index (κ1) is 17.3. The minimum Gasteiger partial charge on any atom is -0.299 e. The molecule has 23 heavy (non-hydrogen) atoms. The van der Waals surface area contributed by atoms with E-state index in [1.165, 1.54) is 0 Å². The van der Waals surface area contributed by atoms with Crippen LogP contribution in [0.2, 0.25) is 0 Å². The Labute approximate surface area is 144 Å². The van der Waals surface area contributed by atoms with Gasteiger partial charge >= 0.3 is 0 Å². The van der Waals surface area contributed by atoms with Crippen molar-refractivity contribution in [1.82, 2.24) is 9.97 Å². The van der Waals surface area contributed by atoms with Crippen LogP contribution >= 0.6 is 15.9 Å². The van der Waals surface area contributed by atoms with Crippen molar-refractivity contribution in [3.8, 4) is 0 Å². The average Bonchev–Trinajstić information content (AvgIpc) is 2.60. The van der Waals surface area contributed by atoms with E-state index >= 15 is 0 Å². The highest BCUT2D eigenvalue weighted by Crippen LogP contribution is 2.26. The van der Waals surface area contributed by atoms with E-state index in [1.54, 1.807) is 18.6 Å². The number of ketones is 1. The molecule has 0 fully saturated rings.